The summed E-state index contributed by atoms with van der Waals surface area (Å²) in [6, 6.07) is 12.2. The van der Waals surface area contributed by atoms with Crippen LogP contribution in [0.4, 0.5) is 17.6 Å². The van der Waals surface area contributed by atoms with Gasteiger partial charge in [0.25, 0.3) is 5.91 Å². The van der Waals surface area contributed by atoms with Crippen LogP contribution in [0.25, 0.3) is 0 Å². The van der Waals surface area contributed by atoms with Crippen LogP contribution in [0.15, 0.2) is 61.2 Å². The SMILES string of the molecule is C=CCN(Cc1ccccc1F)C(=O)c1ccc(COCC(F)(F)F)cc1. The van der Waals surface area contributed by atoms with Crippen LogP contribution in [0.1, 0.15) is 21.5 Å². The molecule has 2 rings (SSSR count). The molecular weight excluding hydrogens is 362 g/mol. The van der Waals surface area contributed by atoms with E-state index in [1.807, 2.05) is 0 Å². The lowest BCUT2D eigenvalue weighted by Crippen LogP contribution is -2.31. The van der Waals surface area contributed by atoms with E-state index in [4.69, 9.17) is 0 Å². The van der Waals surface area contributed by atoms with Gasteiger partial charge in [-0.1, -0.05) is 36.4 Å². The number of nitrogens with zero attached hydrogens (tertiary/aromatic N) is 1. The van der Waals surface area contributed by atoms with Gasteiger partial charge >= 0.3 is 6.18 Å². The third kappa shape index (κ3) is 6.53. The molecule has 0 aliphatic carbocycles. The first-order valence-electron chi connectivity index (χ1n) is 8.17. The molecule has 0 N–H and O–H groups in total. The minimum absolute atomic E-state index is 0.0774. The van der Waals surface area contributed by atoms with Gasteiger partial charge in [-0.25, -0.2) is 4.39 Å². The average Bonchev–Trinajstić information content (AvgIpc) is 2.62. The number of carbonyl (C=O) groups is 1. The summed E-state index contributed by atoms with van der Waals surface area (Å²) in [6.45, 7) is 2.38. The van der Waals surface area contributed by atoms with E-state index in [0.29, 0.717) is 16.7 Å². The summed E-state index contributed by atoms with van der Waals surface area (Å²) in [4.78, 5) is 14.1. The Bertz CT molecular complexity index is 772. The van der Waals surface area contributed by atoms with Crippen molar-refractivity contribution in [3.8, 4) is 0 Å². The number of alkyl halides is 3. The molecule has 144 valence electrons. The molecule has 0 radical (unpaired) electrons. The Morgan fingerprint density at radius 2 is 1.78 bits per heavy atom. The van der Waals surface area contributed by atoms with E-state index >= 15 is 0 Å². The number of rotatable bonds is 8. The molecule has 0 aromatic heterocycles. The lowest BCUT2D eigenvalue weighted by atomic mass is 10.1. The number of ether oxygens (including phenoxy) is 1. The Hall–Kier alpha value is -2.67. The summed E-state index contributed by atoms with van der Waals surface area (Å²) in [7, 11) is 0. The van der Waals surface area contributed by atoms with Crippen molar-refractivity contribution in [3.63, 3.8) is 0 Å². The molecule has 0 aliphatic rings. The summed E-state index contributed by atoms with van der Waals surface area (Å²) >= 11 is 0. The minimum atomic E-state index is -4.38. The van der Waals surface area contributed by atoms with Gasteiger partial charge in [-0.05, 0) is 23.8 Å². The van der Waals surface area contributed by atoms with E-state index in [-0.39, 0.29) is 25.6 Å². The van der Waals surface area contributed by atoms with Crippen molar-refractivity contribution in [2.45, 2.75) is 19.3 Å². The van der Waals surface area contributed by atoms with Crippen molar-refractivity contribution in [2.75, 3.05) is 13.2 Å². The normalized spacial score (nSPS) is 11.3. The van der Waals surface area contributed by atoms with Gasteiger partial charge in [0, 0.05) is 24.2 Å². The number of hydrogen-bond donors (Lipinski definition) is 0. The fraction of sp³-hybridized carbons (Fsp3) is 0.250. The van der Waals surface area contributed by atoms with Crippen molar-refractivity contribution in [1.82, 2.24) is 4.90 Å². The zero-order valence-corrected chi connectivity index (χ0v) is 14.5. The van der Waals surface area contributed by atoms with Crippen LogP contribution in [-0.4, -0.2) is 30.1 Å². The van der Waals surface area contributed by atoms with Gasteiger partial charge in [0.05, 0.1) is 6.61 Å². The maximum absolute atomic E-state index is 13.9. The van der Waals surface area contributed by atoms with Crippen molar-refractivity contribution < 1.29 is 27.1 Å². The van der Waals surface area contributed by atoms with Crippen molar-refractivity contribution in [1.29, 1.82) is 0 Å². The number of halogens is 4. The molecule has 0 spiro atoms. The molecule has 0 aliphatic heterocycles. The third-order valence-electron chi connectivity index (χ3n) is 3.69. The maximum Gasteiger partial charge on any atom is 0.411 e. The number of carbonyl (C=O) groups excluding carboxylic acids is 1. The van der Waals surface area contributed by atoms with Gasteiger partial charge in [-0.15, -0.1) is 6.58 Å². The van der Waals surface area contributed by atoms with Crippen LogP contribution in [0.2, 0.25) is 0 Å². The number of hydrogen-bond acceptors (Lipinski definition) is 2. The van der Waals surface area contributed by atoms with E-state index in [2.05, 4.69) is 11.3 Å². The van der Waals surface area contributed by atoms with Gasteiger partial charge in [0.15, 0.2) is 0 Å². The van der Waals surface area contributed by atoms with Crippen molar-refractivity contribution in [3.05, 3.63) is 83.7 Å². The summed E-state index contributed by atoms with van der Waals surface area (Å²) in [5.41, 5.74) is 1.23. The second-order valence-electron chi connectivity index (χ2n) is 5.87. The number of benzene rings is 2. The van der Waals surface area contributed by atoms with E-state index in [9.17, 15) is 22.4 Å². The molecule has 7 heteroatoms. The molecule has 0 saturated heterocycles. The van der Waals surface area contributed by atoms with Crippen LogP contribution < -0.4 is 0 Å². The van der Waals surface area contributed by atoms with Gasteiger partial charge < -0.3 is 9.64 Å². The maximum atomic E-state index is 13.9. The first-order valence-corrected chi connectivity index (χ1v) is 8.17. The van der Waals surface area contributed by atoms with Crippen LogP contribution >= 0.6 is 0 Å². The van der Waals surface area contributed by atoms with Crippen LogP contribution in [0.3, 0.4) is 0 Å². The van der Waals surface area contributed by atoms with Gasteiger partial charge in [0.1, 0.15) is 12.4 Å². The second kappa shape index (κ2) is 9.32. The topological polar surface area (TPSA) is 29.5 Å². The Kier molecular flexibility index (Phi) is 7.12. The highest BCUT2D eigenvalue weighted by molar-refractivity contribution is 5.94. The molecule has 0 heterocycles. The predicted octanol–water partition coefficient (Wildman–Crippen LogP) is 4.73. The molecule has 2 aromatic rings. The highest BCUT2D eigenvalue weighted by atomic mass is 19.4. The highest BCUT2D eigenvalue weighted by Crippen LogP contribution is 2.17. The number of amides is 1. The van der Waals surface area contributed by atoms with Gasteiger partial charge in [-0.3, -0.25) is 4.79 Å². The molecule has 0 saturated carbocycles. The molecule has 0 unspecified atom stereocenters. The van der Waals surface area contributed by atoms with Crippen LogP contribution in [0, 0.1) is 5.82 Å². The lowest BCUT2D eigenvalue weighted by molar-refractivity contribution is -0.176. The molecule has 2 aromatic carbocycles. The predicted molar refractivity (Wildman–Crippen MR) is 93.5 cm³/mol. The average molecular weight is 381 g/mol. The molecule has 27 heavy (non-hydrogen) atoms. The van der Waals surface area contributed by atoms with Gasteiger partial charge in [0.2, 0.25) is 0 Å². The fourth-order valence-electron chi connectivity index (χ4n) is 2.42. The Morgan fingerprint density at radius 3 is 2.37 bits per heavy atom. The van der Waals surface area contributed by atoms with Crippen molar-refractivity contribution >= 4 is 5.91 Å². The summed E-state index contributed by atoms with van der Waals surface area (Å²) in [5.74, 6) is -0.738. The Balaban J connectivity index is 2.04. The minimum Gasteiger partial charge on any atom is -0.367 e. The molecule has 0 fully saturated rings. The van der Waals surface area contributed by atoms with E-state index in [0.717, 1.165) is 0 Å². The quantitative estimate of drug-likeness (QED) is 0.489. The Morgan fingerprint density at radius 1 is 1.11 bits per heavy atom. The van der Waals surface area contributed by atoms with Gasteiger partial charge in [-0.2, -0.15) is 13.2 Å². The molecule has 1 amide bonds. The largest absolute Gasteiger partial charge is 0.411 e. The molecule has 0 bridgehead atoms. The van der Waals surface area contributed by atoms with Crippen LogP contribution in [-0.2, 0) is 17.9 Å². The monoisotopic (exact) mass is 381 g/mol. The van der Waals surface area contributed by atoms with E-state index in [1.165, 1.54) is 41.3 Å². The zero-order chi connectivity index (χ0) is 19.9. The van der Waals surface area contributed by atoms with E-state index < -0.39 is 18.6 Å². The summed E-state index contributed by atoms with van der Waals surface area (Å²) in [5, 5.41) is 0. The molecular formula is C20H19F4NO2. The highest BCUT2D eigenvalue weighted by Gasteiger charge is 2.27. The third-order valence-corrected chi connectivity index (χ3v) is 3.69. The first kappa shape index (κ1) is 20.6. The second-order valence-corrected chi connectivity index (χ2v) is 5.87. The molecule has 0 atom stereocenters. The lowest BCUT2D eigenvalue weighted by Gasteiger charge is -2.22. The van der Waals surface area contributed by atoms with Crippen molar-refractivity contribution in [2.24, 2.45) is 0 Å². The fourth-order valence-corrected chi connectivity index (χ4v) is 2.42. The van der Waals surface area contributed by atoms with Crippen LogP contribution in [0.5, 0.6) is 0 Å². The zero-order valence-electron chi connectivity index (χ0n) is 14.5. The first-order chi connectivity index (χ1) is 12.8. The standard InChI is InChI=1S/C20H19F4NO2/c1-2-11-25(12-17-5-3-4-6-18(17)21)19(26)16-9-7-15(8-10-16)13-27-14-20(22,23)24/h2-10H,1,11-14H2. The summed E-state index contributed by atoms with van der Waals surface area (Å²) in [6.07, 6.45) is -2.84. The molecule has 3 nitrogen and oxygen atoms in total. The summed E-state index contributed by atoms with van der Waals surface area (Å²) < 4.78 is 54.7. The Labute approximate surface area is 154 Å². The smallest absolute Gasteiger partial charge is 0.367 e. The van der Waals surface area contributed by atoms with E-state index in [1.54, 1.807) is 18.2 Å².